The van der Waals surface area contributed by atoms with Crippen LogP contribution in [-0.4, -0.2) is 23.6 Å². The van der Waals surface area contributed by atoms with Gasteiger partial charge in [-0.1, -0.05) is 0 Å². The Kier molecular flexibility index (Phi) is 3.39. The summed E-state index contributed by atoms with van der Waals surface area (Å²) < 4.78 is 5.34. The van der Waals surface area contributed by atoms with Crippen LogP contribution in [0, 0.1) is 0 Å². The third-order valence-electron chi connectivity index (χ3n) is 2.59. The Labute approximate surface area is 98.4 Å². The summed E-state index contributed by atoms with van der Waals surface area (Å²) in [4.78, 5) is 22.1. The Morgan fingerprint density at radius 2 is 2.18 bits per heavy atom. The minimum atomic E-state index is -0.957. The van der Waals surface area contributed by atoms with Gasteiger partial charge in [0.15, 0.2) is 5.78 Å². The van der Waals surface area contributed by atoms with E-state index in [-0.39, 0.29) is 18.6 Å². The van der Waals surface area contributed by atoms with Gasteiger partial charge in [-0.05, 0) is 18.2 Å². The third kappa shape index (κ3) is 2.82. The number of carboxylic acids is 1. The van der Waals surface area contributed by atoms with Crippen molar-refractivity contribution in [2.24, 2.45) is 0 Å². The van der Waals surface area contributed by atoms with Crippen molar-refractivity contribution in [3.05, 3.63) is 29.3 Å². The molecule has 0 aliphatic carbocycles. The SMILES string of the molecule is O=C(O)CCC(=O)c1ccc2c(c1)CNCO2. The maximum absolute atomic E-state index is 11.7. The van der Waals surface area contributed by atoms with Crippen LogP contribution in [0.25, 0.3) is 0 Å². The van der Waals surface area contributed by atoms with Crippen LogP contribution in [0.1, 0.15) is 28.8 Å². The van der Waals surface area contributed by atoms with E-state index in [1.807, 2.05) is 0 Å². The lowest BCUT2D eigenvalue weighted by Gasteiger charge is -2.18. The quantitative estimate of drug-likeness (QED) is 0.766. The molecule has 0 spiro atoms. The van der Waals surface area contributed by atoms with Crippen LogP contribution in [0.2, 0.25) is 0 Å². The zero-order valence-electron chi connectivity index (χ0n) is 9.23. The highest BCUT2D eigenvalue weighted by atomic mass is 16.5. The van der Waals surface area contributed by atoms with Crippen LogP contribution in [-0.2, 0) is 11.3 Å². The van der Waals surface area contributed by atoms with Gasteiger partial charge in [0, 0.05) is 24.1 Å². The minimum Gasteiger partial charge on any atom is -0.481 e. The van der Waals surface area contributed by atoms with Gasteiger partial charge in [-0.3, -0.25) is 14.9 Å². The molecule has 0 aromatic heterocycles. The number of carbonyl (C=O) groups excluding carboxylic acids is 1. The number of nitrogens with one attached hydrogen (secondary N) is 1. The predicted octanol–water partition coefficient (Wildman–Crippen LogP) is 1.17. The summed E-state index contributed by atoms with van der Waals surface area (Å²) in [6, 6.07) is 5.18. The Hall–Kier alpha value is -1.88. The number of benzene rings is 1. The van der Waals surface area contributed by atoms with Gasteiger partial charge >= 0.3 is 5.97 Å². The molecule has 0 saturated carbocycles. The summed E-state index contributed by atoms with van der Waals surface area (Å²) >= 11 is 0. The average Bonchev–Trinajstić information content (AvgIpc) is 2.35. The van der Waals surface area contributed by atoms with Crippen LogP contribution in [0.15, 0.2) is 18.2 Å². The van der Waals surface area contributed by atoms with Crippen molar-refractivity contribution < 1.29 is 19.4 Å². The molecule has 5 nitrogen and oxygen atoms in total. The van der Waals surface area contributed by atoms with Crippen LogP contribution < -0.4 is 10.1 Å². The van der Waals surface area contributed by atoms with Gasteiger partial charge < -0.3 is 9.84 Å². The van der Waals surface area contributed by atoms with Crippen molar-refractivity contribution in [3.63, 3.8) is 0 Å². The van der Waals surface area contributed by atoms with Crippen LogP contribution in [0.5, 0.6) is 5.75 Å². The van der Waals surface area contributed by atoms with E-state index in [0.29, 0.717) is 18.8 Å². The first kappa shape index (κ1) is 11.6. The summed E-state index contributed by atoms with van der Waals surface area (Å²) in [7, 11) is 0. The van der Waals surface area contributed by atoms with Gasteiger partial charge in [-0.2, -0.15) is 0 Å². The molecular weight excluding hydrogens is 222 g/mol. The molecule has 1 aromatic carbocycles. The molecule has 0 saturated heterocycles. The van der Waals surface area contributed by atoms with E-state index in [2.05, 4.69) is 5.32 Å². The molecule has 2 N–H and O–H groups in total. The molecule has 0 atom stereocenters. The summed E-state index contributed by atoms with van der Waals surface area (Å²) in [5.41, 5.74) is 1.47. The lowest BCUT2D eigenvalue weighted by molar-refractivity contribution is -0.136. The van der Waals surface area contributed by atoms with Gasteiger partial charge in [0.1, 0.15) is 12.5 Å². The van der Waals surface area contributed by atoms with E-state index in [0.717, 1.165) is 11.3 Å². The van der Waals surface area contributed by atoms with Crippen molar-refractivity contribution in [1.29, 1.82) is 0 Å². The second-order valence-electron chi connectivity index (χ2n) is 3.85. The molecular formula is C12H13NO4. The molecule has 1 aliphatic heterocycles. The van der Waals surface area contributed by atoms with E-state index >= 15 is 0 Å². The summed E-state index contributed by atoms with van der Waals surface area (Å²) in [5, 5.41) is 11.5. The van der Waals surface area contributed by atoms with Crippen molar-refractivity contribution in [2.45, 2.75) is 19.4 Å². The van der Waals surface area contributed by atoms with E-state index in [1.54, 1.807) is 18.2 Å². The van der Waals surface area contributed by atoms with Crippen LogP contribution in [0.4, 0.5) is 0 Å². The van der Waals surface area contributed by atoms with E-state index in [1.165, 1.54) is 0 Å². The summed E-state index contributed by atoms with van der Waals surface area (Å²) in [5.74, 6) is -0.333. The zero-order chi connectivity index (χ0) is 12.3. The number of carbonyl (C=O) groups is 2. The van der Waals surface area contributed by atoms with Gasteiger partial charge in [-0.15, -0.1) is 0 Å². The molecule has 2 rings (SSSR count). The van der Waals surface area contributed by atoms with Crippen molar-refractivity contribution >= 4 is 11.8 Å². The summed E-state index contributed by atoms with van der Waals surface area (Å²) in [6.45, 7) is 1.13. The standard InChI is InChI=1S/C12H13NO4/c14-10(2-4-12(15)16)8-1-3-11-9(5-8)6-13-7-17-11/h1,3,5,13H,2,4,6-7H2,(H,15,16). The topological polar surface area (TPSA) is 75.6 Å². The Bertz CT molecular complexity index is 456. The summed E-state index contributed by atoms with van der Waals surface area (Å²) in [6.07, 6.45) is -0.104. The molecule has 90 valence electrons. The van der Waals surface area contributed by atoms with Crippen molar-refractivity contribution in [1.82, 2.24) is 5.32 Å². The minimum absolute atomic E-state index is 0.0302. The maximum Gasteiger partial charge on any atom is 0.303 e. The fourth-order valence-corrected chi connectivity index (χ4v) is 1.71. The Balaban J connectivity index is 2.11. The van der Waals surface area contributed by atoms with Gasteiger partial charge in [-0.25, -0.2) is 0 Å². The van der Waals surface area contributed by atoms with E-state index in [9.17, 15) is 9.59 Å². The molecule has 0 radical (unpaired) electrons. The average molecular weight is 235 g/mol. The lowest BCUT2D eigenvalue weighted by Crippen LogP contribution is -2.25. The number of hydrogen-bond acceptors (Lipinski definition) is 4. The van der Waals surface area contributed by atoms with Crippen molar-refractivity contribution in [2.75, 3.05) is 6.73 Å². The zero-order valence-corrected chi connectivity index (χ0v) is 9.23. The first-order valence-corrected chi connectivity index (χ1v) is 5.38. The molecule has 0 bridgehead atoms. The molecule has 1 heterocycles. The lowest BCUT2D eigenvalue weighted by atomic mass is 10.0. The number of hydrogen-bond donors (Lipinski definition) is 2. The van der Waals surface area contributed by atoms with E-state index < -0.39 is 5.97 Å². The second-order valence-corrected chi connectivity index (χ2v) is 3.85. The van der Waals surface area contributed by atoms with E-state index in [4.69, 9.17) is 9.84 Å². The number of carboxylic acid groups (broad SMARTS) is 1. The molecule has 5 heteroatoms. The first-order valence-electron chi connectivity index (χ1n) is 5.38. The fraction of sp³-hybridized carbons (Fsp3) is 0.333. The smallest absolute Gasteiger partial charge is 0.303 e. The number of rotatable bonds is 4. The molecule has 0 amide bonds. The highest BCUT2D eigenvalue weighted by molar-refractivity contribution is 5.97. The van der Waals surface area contributed by atoms with Crippen LogP contribution >= 0.6 is 0 Å². The number of Topliss-reactive ketones (excluding diaryl/α,β-unsaturated/α-hetero) is 1. The predicted molar refractivity (Wildman–Crippen MR) is 60.0 cm³/mol. The number of aliphatic carboxylic acids is 1. The monoisotopic (exact) mass is 235 g/mol. The van der Waals surface area contributed by atoms with Gasteiger partial charge in [0.05, 0.1) is 6.42 Å². The Morgan fingerprint density at radius 3 is 2.94 bits per heavy atom. The largest absolute Gasteiger partial charge is 0.481 e. The van der Waals surface area contributed by atoms with Crippen LogP contribution in [0.3, 0.4) is 0 Å². The first-order chi connectivity index (χ1) is 8.16. The molecule has 0 unspecified atom stereocenters. The second kappa shape index (κ2) is 4.97. The highest BCUT2D eigenvalue weighted by Crippen LogP contribution is 2.23. The number of ether oxygens (including phenoxy) is 1. The normalized spacial score (nSPS) is 13.6. The van der Waals surface area contributed by atoms with Gasteiger partial charge in [0.2, 0.25) is 0 Å². The molecule has 1 aliphatic rings. The molecule has 1 aromatic rings. The Morgan fingerprint density at radius 1 is 1.35 bits per heavy atom. The highest BCUT2D eigenvalue weighted by Gasteiger charge is 2.14. The molecule has 17 heavy (non-hydrogen) atoms. The van der Waals surface area contributed by atoms with Crippen molar-refractivity contribution in [3.8, 4) is 5.75 Å². The maximum atomic E-state index is 11.7. The van der Waals surface area contributed by atoms with Gasteiger partial charge in [0.25, 0.3) is 0 Å². The number of ketones is 1. The number of fused-ring (bicyclic) bond motifs is 1. The fourth-order valence-electron chi connectivity index (χ4n) is 1.71. The molecule has 0 fully saturated rings. The third-order valence-corrected chi connectivity index (χ3v) is 2.59.